The van der Waals surface area contributed by atoms with Gasteiger partial charge < -0.3 is 9.30 Å². The highest BCUT2D eigenvalue weighted by atomic mass is 32.2. The summed E-state index contributed by atoms with van der Waals surface area (Å²) in [4.78, 5) is 12.0. The topological polar surface area (TPSA) is 94.8 Å². The molecule has 1 aromatic carbocycles. The largest absolute Gasteiger partial charge is 0.497 e. The van der Waals surface area contributed by atoms with E-state index in [0.29, 0.717) is 5.13 Å². The van der Waals surface area contributed by atoms with Crippen LogP contribution in [0.4, 0.5) is 5.13 Å². The fraction of sp³-hybridized carbons (Fsp3) is 0.389. The van der Waals surface area contributed by atoms with Crippen LogP contribution in [0.1, 0.15) is 22.8 Å². The Morgan fingerprint density at radius 2 is 1.96 bits per heavy atom. The van der Waals surface area contributed by atoms with E-state index in [1.165, 1.54) is 28.7 Å². The van der Waals surface area contributed by atoms with Crippen LogP contribution in [0.2, 0.25) is 0 Å². The zero-order chi connectivity index (χ0) is 19.9. The summed E-state index contributed by atoms with van der Waals surface area (Å²) in [6, 6.07) is 8.10. The molecule has 0 spiro atoms. The van der Waals surface area contributed by atoms with E-state index in [1.807, 2.05) is 30.7 Å². The number of hydrogen-bond donors (Lipinski definition) is 1. The third-order valence-corrected chi connectivity index (χ3v) is 5.83. The molecule has 0 saturated carbocycles. The van der Waals surface area contributed by atoms with Gasteiger partial charge in [0.15, 0.2) is 5.16 Å². The van der Waals surface area contributed by atoms with E-state index in [2.05, 4.69) is 37.8 Å². The van der Waals surface area contributed by atoms with Crippen LogP contribution < -0.4 is 10.1 Å². The smallest absolute Gasteiger partial charge is 0.236 e. The first kappa shape index (κ1) is 20.3. The molecule has 0 radical (unpaired) electrons. The predicted octanol–water partition coefficient (Wildman–Crippen LogP) is 2.89. The van der Waals surface area contributed by atoms with Gasteiger partial charge in [-0.2, -0.15) is 0 Å². The summed E-state index contributed by atoms with van der Waals surface area (Å²) in [6.45, 7) is 1.85. The zero-order valence-corrected chi connectivity index (χ0v) is 17.6. The number of anilines is 1. The summed E-state index contributed by atoms with van der Waals surface area (Å²) in [6.07, 6.45) is 2.76. The second kappa shape index (κ2) is 9.65. The van der Waals surface area contributed by atoms with Crippen molar-refractivity contribution in [1.29, 1.82) is 0 Å². The summed E-state index contributed by atoms with van der Waals surface area (Å²) < 4.78 is 7.12. The molecule has 3 aromatic rings. The molecule has 0 bridgehead atoms. The lowest BCUT2D eigenvalue weighted by atomic mass is 10.1. The van der Waals surface area contributed by atoms with Crippen molar-refractivity contribution in [2.45, 2.75) is 31.3 Å². The van der Waals surface area contributed by atoms with Gasteiger partial charge in [0.25, 0.3) is 0 Å². The van der Waals surface area contributed by atoms with Crippen LogP contribution in [0.5, 0.6) is 5.75 Å². The Hall–Kier alpha value is -2.46. The van der Waals surface area contributed by atoms with Crippen molar-refractivity contribution < 1.29 is 9.53 Å². The lowest BCUT2D eigenvalue weighted by Crippen LogP contribution is -2.14. The Balaban J connectivity index is 1.45. The van der Waals surface area contributed by atoms with E-state index >= 15 is 0 Å². The Morgan fingerprint density at radius 1 is 1.18 bits per heavy atom. The van der Waals surface area contributed by atoms with Gasteiger partial charge in [-0.1, -0.05) is 35.2 Å². The molecule has 0 aliphatic carbocycles. The number of hydrogen-bond acceptors (Lipinski definition) is 8. The van der Waals surface area contributed by atoms with Gasteiger partial charge in [-0.25, -0.2) is 0 Å². The van der Waals surface area contributed by atoms with E-state index in [9.17, 15) is 4.79 Å². The van der Waals surface area contributed by atoms with Crippen molar-refractivity contribution in [1.82, 2.24) is 25.0 Å². The number of aromatic nitrogens is 5. The molecule has 0 aliphatic rings. The second-order valence-electron chi connectivity index (χ2n) is 6.12. The number of nitrogens with zero attached hydrogens (tertiary/aromatic N) is 5. The fourth-order valence-corrected chi connectivity index (χ4v) is 3.90. The minimum atomic E-state index is -0.134. The van der Waals surface area contributed by atoms with E-state index in [1.54, 1.807) is 7.11 Å². The maximum absolute atomic E-state index is 12.0. The number of thioether (sulfide) groups is 1. The van der Waals surface area contributed by atoms with Crippen molar-refractivity contribution in [3.8, 4) is 5.75 Å². The molecule has 1 amide bonds. The molecular formula is C18H22N6O2S2. The van der Waals surface area contributed by atoms with Gasteiger partial charge in [-0.05, 0) is 37.5 Å². The van der Waals surface area contributed by atoms with Crippen LogP contribution in [0, 0.1) is 6.92 Å². The first-order valence-electron chi connectivity index (χ1n) is 8.79. The van der Waals surface area contributed by atoms with Crippen molar-refractivity contribution >= 4 is 34.1 Å². The van der Waals surface area contributed by atoms with E-state index in [0.717, 1.165) is 41.0 Å². The molecule has 1 N–H and O–H groups in total. The Kier molecular flexibility index (Phi) is 6.99. The third kappa shape index (κ3) is 5.52. The highest BCUT2D eigenvalue weighted by Gasteiger charge is 2.12. The van der Waals surface area contributed by atoms with Crippen LogP contribution in [-0.4, -0.2) is 43.7 Å². The molecule has 2 heterocycles. The number of carbonyl (C=O) groups is 1. The number of amides is 1. The molecule has 3 rings (SSSR count). The highest BCUT2D eigenvalue weighted by molar-refractivity contribution is 7.99. The Labute approximate surface area is 171 Å². The van der Waals surface area contributed by atoms with Crippen molar-refractivity contribution in [2.75, 3.05) is 18.2 Å². The van der Waals surface area contributed by atoms with Crippen molar-refractivity contribution in [3.05, 3.63) is 40.7 Å². The number of ether oxygens (including phenoxy) is 1. The van der Waals surface area contributed by atoms with Gasteiger partial charge in [0.2, 0.25) is 11.0 Å². The summed E-state index contributed by atoms with van der Waals surface area (Å²) in [5.74, 6) is 1.89. The van der Waals surface area contributed by atoms with Crippen LogP contribution >= 0.6 is 23.1 Å². The van der Waals surface area contributed by atoms with Crippen LogP contribution in [-0.2, 0) is 24.7 Å². The quantitative estimate of drug-likeness (QED) is 0.534. The van der Waals surface area contributed by atoms with Gasteiger partial charge >= 0.3 is 0 Å². The minimum Gasteiger partial charge on any atom is -0.497 e. The number of rotatable bonds is 9. The minimum absolute atomic E-state index is 0.134. The highest BCUT2D eigenvalue weighted by Crippen LogP contribution is 2.19. The SMILES string of the molecule is COc1ccc(CCCc2nnc(SCC(=O)Nc3nnc(C)s3)n2C)cc1. The van der Waals surface area contributed by atoms with Gasteiger partial charge in [0, 0.05) is 13.5 Å². The number of methoxy groups -OCH3 is 1. The molecule has 28 heavy (non-hydrogen) atoms. The van der Waals surface area contributed by atoms with Crippen LogP contribution in [0.25, 0.3) is 0 Å². The Bertz CT molecular complexity index is 923. The molecule has 148 valence electrons. The summed E-state index contributed by atoms with van der Waals surface area (Å²) in [7, 11) is 3.59. The first-order valence-corrected chi connectivity index (χ1v) is 10.6. The lowest BCUT2D eigenvalue weighted by molar-refractivity contribution is -0.113. The molecule has 0 atom stereocenters. The van der Waals surface area contributed by atoms with Crippen LogP contribution in [0.15, 0.2) is 29.4 Å². The average Bonchev–Trinajstić information content (AvgIpc) is 3.26. The molecule has 0 fully saturated rings. The number of aryl methyl sites for hydroxylation is 3. The van der Waals surface area contributed by atoms with Crippen LogP contribution in [0.3, 0.4) is 0 Å². The molecule has 0 aliphatic heterocycles. The van der Waals surface area contributed by atoms with Gasteiger partial charge in [0.05, 0.1) is 12.9 Å². The fourth-order valence-electron chi connectivity index (χ4n) is 2.56. The first-order chi connectivity index (χ1) is 13.5. The number of carbonyl (C=O) groups excluding carboxylic acids is 1. The predicted molar refractivity (Wildman–Crippen MR) is 110 cm³/mol. The molecule has 8 nitrogen and oxygen atoms in total. The average molecular weight is 419 g/mol. The van der Waals surface area contributed by atoms with Gasteiger partial charge in [-0.3, -0.25) is 10.1 Å². The number of nitrogens with one attached hydrogen (secondary N) is 1. The Morgan fingerprint density at radius 3 is 2.64 bits per heavy atom. The summed E-state index contributed by atoms with van der Waals surface area (Å²) in [5.41, 5.74) is 1.26. The molecular weight excluding hydrogens is 396 g/mol. The monoisotopic (exact) mass is 418 g/mol. The van der Waals surface area contributed by atoms with E-state index < -0.39 is 0 Å². The molecule has 10 heteroatoms. The van der Waals surface area contributed by atoms with Crippen molar-refractivity contribution in [2.24, 2.45) is 7.05 Å². The van der Waals surface area contributed by atoms with Gasteiger partial charge in [0.1, 0.15) is 16.6 Å². The lowest BCUT2D eigenvalue weighted by Gasteiger charge is -2.05. The summed E-state index contributed by atoms with van der Waals surface area (Å²) in [5, 5.41) is 21.0. The standard InChI is InChI=1S/C18H22N6O2S2/c1-12-20-22-17(28-12)19-16(25)11-27-18-23-21-15(24(18)2)6-4-5-13-7-9-14(26-3)10-8-13/h7-10H,4-6,11H2,1-3H3,(H,19,22,25). The molecule has 0 unspecified atom stereocenters. The second-order valence-corrected chi connectivity index (χ2v) is 8.25. The van der Waals surface area contributed by atoms with Gasteiger partial charge in [-0.15, -0.1) is 20.4 Å². The van der Waals surface area contributed by atoms with Crippen molar-refractivity contribution in [3.63, 3.8) is 0 Å². The normalized spacial score (nSPS) is 10.8. The molecule has 0 saturated heterocycles. The summed E-state index contributed by atoms with van der Waals surface area (Å²) >= 11 is 2.71. The van der Waals surface area contributed by atoms with E-state index in [-0.39, 0.29) is 11.7 Å². The zero-order valence-electron chi connectivity index (χ0n) is 16.0. The maximum atomic E-state index is 12.0. The van der Waals surface area contributed by atoms with E-state index in [4.69, 9.17) is 4.74 Å². The molecule has 2 aromatic heterocycles. The maximum Gasteiger partial charge on any atom is 0.236 e. The number of benzene rings is 1. The third-order valence-electron chi connectivity index (χ3n) is 4.05.